The molecule has 0 aliphatic heterocycles. The van der Waals surface area contributed by atoms with E-state index in [1.807, 2.05) is 49.8 Å². The summed E-state index contributed by atoms with van der Waals surface area (Å²) in [6, 6.07) is 3.76. The summed E-state index contributed by atoms with van der Waals surface area (Å²) < 4.78 is 3.62. The Morgan fingerprint density at radius 2 is 2.09 bits per heavy atom. The highest BCUT2D eigenvalue weighted by molar-refractivity contribution is 5.66. The van der Waals surface area contributed by atoms with Gasteiger partial charge in [0.1, 0.15) is 11.5 Å². The summed E-state index contributed by atoms with van der Waals surface area (Å²) in [7, 11) is 1.88. The zero-order chi connectivity index (χ0) is 16.2. The van der Waals surface area contributed by atoms with Gasteiger partial charge in [-0.1, -0.05) is 13.8 Å². The fraction of sp³-hybridized carbons (Fsp3) is 0.200. The van der Waals surface area contributed by atoms with Crippen LogP contribution in [0.25, 0.3) is 16.9 Å². The van der Waals surface area contributed by atoms with E-state index >= 15 is 0 Å². The zero-order valence-corrected chi connectivity index (χ0v) is 13.2. The van der Waals surface area contributed by atoms with Gasteiger partial charge in [0.05, 0.1) is 18.1 Å². The van der Waals surface area contributed by atoms with E-state index in [1.165, 1.54) is 0 Å². The predicted octanol–water partition coefficient (Wildman–Crippen LogP) is 2.62. The molecular formula is C15H18N8. The number of hydrogen-bond acceptors (Lipinski definition) is 5. The van der Waals surface area contributed by atoms with Gasteiger partial charge in [0.25, 0.3) is 0 Å². The molecule has 0 unspecified atom stereocenters. The average molecular weight is 310 g/mol. The van der Waals surface area contributed by atoms with Gasteiger partial charge in [-0.25, -0.2) is 9.97 Å². The quantitative estimate of drug-likeness (QED) is 0.607. The first-order valence-corrected chi connectivity index (χ1v) is 7.39. The second kappa shape index (κ2) is 6.30. The van der Waals surface area contributed by atoms with E-state index in [0.717, 1.165) is 22.7 Å². The number of nitrogens with one attached hydrogen (secondary N) is 2. The molecule has 0 aromatic carbocycles. The number of aromatic amines is 1. The molecule has 8 heteroatoms. The molecule has 0 saturated heterocycles. The summed E-state index contributed by atoms with van der Waals surface area (Å²) in [6.45, 7) is 4.00. The maximum Gasteiger partial charge on any atom is 0.214 e. The van der Waals surface area contributed by atoms with Crippen LogP contribution in [-0.4, -0.2) is 34.3 Å². The van der Waals surface area contributed by atoms with Crippen LogP contribution in [0.1, 0.15) is 13.8 Å². The van der Waals surface area contributed by atoms with Crippen LogP contribution in [0.4, 0.5) is 11.8 Å². The smallest absolute Gasteiger partial charge is 0.214 e. The fourth-order valence-corrected chi connectivity index (χ4v) is 2.16. The Hall–Kier alpha value is -3.16. The van der Waals surface area contributed by atoms with Crippen molar-refractivity contribution in [1.29, 1.82) is 0 Å². The lowest BCUT2D eigenvalue weighted by atomic mass is 10.2. The maximum absolute atomic E-state index is 4.64. The number of aryl methyl sites for hydroxylation is 1. The molecule has 0 aliphatic carbocycles. The minimum absolute atomic E-state index is 0.660. The monoisotopic (exact) mass is 310 g/mol. The maximum atomic E-state index is 4.64. The van der Waals surface area contributed by atoms with Gasteiger partial charge in [0, 0.05) is 43.3 Å². The minimum atomic E-state index is 0.660. The van der Waals surface area contributed by atoms with Gasteiger partial charge in [-0.3, -0.25) is 14.2 Å². The summed E-state index contributed by atoms with van der Waals surface area (Å²) in [4.78, 5) is 8.97. The van der Waals surface area contributed by atoms with E-state index in [4.69, 9.17) is 0 Å². The second-order valence-electron chi connectivity index (χ2n) is 4.62. The number of H-pyrrole nitrogens is 1. The lowest BCUT2D eigenvalue weighted by Gasteiger charge is -2.08. The number of aromatic nitrogens is 7. The van der Waals surface area contributed by atoms with Crippen LogP contribution in [0.2, 0.25) is 0 Å². The molecular weight excluding hydrogens is 292 g/mol. The van der Waals surface area contributed by atoms with E-state index in [2.05, 4.69) is 30.6 Å². The van der Waals surface area contributed by atoms with Crippen molar-refractivity contribution in [1.82, 2.24) is 34.3 Å². The van der Waals surface area contributed by atoms with E-state index in [0.29, 0.717) is 5.95 Å². The SMILES string of the molecule is CC.Cn1cc(-c2cc3nccn3c(Nc3ccn[nH]3)n2)cn1. The van der Waals surface area contributed by atoms with Crippen molar-refractivity contribution in [3.63, 3.8) is 0 Å². The molecule has 0 radical (unpaired) electrons. The Balaban J connectivity index is 0.000000753. The van der Waals surface area contributed by atoms with Crippen LogP contribution >= 0.6 is 0 Å². The highest BCUT2D eigenvalue weighted by atomic mass is 15.3. The molecule has 0 amide bonds. The normalized spacial score (nSPS) is 10.4. The number of fused-ring (bicyclic) bond motifs is 1. The van der Waals surface area contributed by atoms with E-state index in [9.17, 15) is 0 Å². The summed E-state index contributed by atoms with van der Waals surface area (Å²) in [5.74, 6) is 1.42. The largest absolute Gasteiger partial charge is 0.310 e. The molecule has 0 spiro atoms. The van der Waals surface area contributed by atoms with Gasteiger partial charge in [0.2, 0.25) is 5.95 Å². The number of hydrogen-bond donors (Lipinski definition) is 2. The van der Waals surface area contributed by atoms with Gasteiger partial charge < -0.3 is 5.32 Å². The first-order chi connectivity index (χ1) is 11.3. The van der Waals surface area contributed by atoms with E-state index in [-0.39, 0.29) is 0 Å². The zero-order valence-electron chi connectivity index (χ0n) is 13.2. The van der Waals surface area contributed by atoms with E-state index in [1.54, 1.807) is 23.3 Å². The van der Waals surface area contributed by atoms with Crippen molar-refractivity contribution in [2.45, 2.75) is 13.8 Å². The Labute approximate surface area is 133 Å². The Bertz CT molecular complexity index is 887. The van der Waals surface area contributed by atoms with Crippen molar-refractivity contribution in [3.8, 4) is 11.3 Å². The van der Waals surface area contributed by atoms with Crippen molar-refractivity contribution in [2.24, 2.45) is 7.05 Å². The first-order valence-electron chi connectivity index (χ1n) is 7.39. The topological polar surface area (TPSA) is 88.7 Å². The third-order valence-electron chi connectivity index (χ3n) is 3.14. The van der Waals surface area contributed by atoms with Crippen molar-refractivity contribution >= 4 is 17.4 Å². The Morgan fingerprint density at radius 1 is 1.22 bits per heavy atom. The lowest BCUT2D eigenvalue weighted by Crippen LogP contribution is -2.02. The highest BCUT2D eigenvalue weighted by Crippen LogP contribution is 2.22. The number of anilines is 2. The van der Waals surface area contributed by atoms with E-state index < -0.39 is 0 Å². The third-order valence-corrected chi connectivity index (χ3v) is 3.14. The van der Waals surface area contributed by atoms with Gasteiger partial charge in [0.15, 0.2) is 0 Å². The van der Waals surface area contributed by atoms with Crippen LogP contribution in [0.15, 0.2) is 43.1 Å². The number of rotatable bonds is 3. The molecule has 0 fully saturated rings. The Morgan fingerprint density at radius 3 is 2.78 bits per heavy atom. The molecule has 23 heavy (non-hydrogen) atoms. The van der Waals surface area contributed by atoms with Crippen LogP contribution in [-0.2, 0) is 7.05 Å². The second-order valence-corrected chi connectivity index (χ2v) is 4.62. The predicted molar refractivity (Wildman–Crippen MR) is 88.4 cm³/mol. The van der Waals surface area contributed by atoms with Gasteiger partial charge in [-0.05, 0) is 0 Å². The number of nitrogens with zero attached hydrogens (tertiary/aromatic N) is 6. The average Bonchev–Trinajstić information content (AvgIpc) is 3.30. The summed E-state index contributed by atoms with van der Waals surface area (Å²) in [5.41, 5.74) is 2.56. The third kappa shape index (κ3) is 2.91. The lowest BCUT2D eigenvalue weighted by molar-refractivity contribution is 0.768. The van der Waals surface area contributed by atoms with Crippen molar-refractivity contribution < 1.29 is 0 Å². The molecule has 4 rings (SSSR count). The highest BCUT2D eigenvalue weighted by Gasteiger charge is 2.10. The van der Waals surface area contributed by atoms with Crippen LogP contribution in [0, 0.1) is 0 Å². The molecule has 4 aromatic rings. The molecule has 0 saturated carbocycles. The molecule has 2 N–H and O–H groups in total. The molecule has 0 bridgehead atoms. The van der Waals surface area contributed by atoms with Gasteiger partial charge in [-0.2, -0.15) is 10.2 Å². The van der Waals surface area contributed by atoms with Crippen LogP contribution < -0.4 is 5.32 Å². The summed E-state index contributed by atoms with van der Waals surface area (Å²) >= 11 is 0. The number of imidazole rings is 1. The molecule has 0 aliphatic rings. The van der Waals surface area contributed by atoms with Crippen LogP contribution in [0.5, 0.6) is 0 Å². The van der Waals surface area contributed by atoms with Crippen molar-refractivity contribution in [3.05, 3.63) is 43.1 Å². The molecule has 0 atom stereocenters. The summed E-state index contributed by atoms with van der Waals surface area (Å²) in [6.07, 6.45) is 8.97. The first kappa shape index (κ1) is 14.8. The summed E-state index contributed by atoms with van der Waals surface area (Å²) in [5, 5.41) is 14.1. The molecule has 118 valence electrons. The molecule has 8 nitrogen and oxygen atoms in total. The van der Waals surface area contributed by atoms with Gasteiger partial charge >= 0.3 is 0 Å². The van der Waals surface area contributed by atoms with Gasteiger partial charge in [-0.15, -0.1) is 0 Å². The minimum Gasteiger partial charge on any atom is -0.310 e. The molecule has 4 heterocycles. The fourth-order valence-electron chi connectivity index (χ4n) is 2.16. The molecule has 4 aromatic heterocycles. The standard InChI is InChI=1S/C13H12N8.C2H6/c1-20-8-9(7-16-20)10-6-12-14-4-5-21(12)13(17-10)18-11-2-3-15-19-11;1-2/h2-8H,1H3,(H2,15,17,18,19);1-2H3. The van der Waals surface area contributed by atoms with Crippen molar-refractivity contribution in [2.75, 3.05) is 5.32 Å². The Kier molecular flexibility index (Phi) is 4.05. The van der Waals surface area contributed by atoms with Crippen LogP contribution in [0.3, 0.4) is 0 Å².